The zero-order chi connectivity index (χ0) is 30.6. The van der Waals surface area contributed by atoms with E-state index in [0.29, 0.717) is 11.8 Å². The predicted molar refractivity (Wildman–Crippen MR) is 197 cm³/mol. The van der Waals surface area contributed by atoms with Crippen molar-refractivity contribution < 1.29 is 0 Å². The molecule has 0 nitrogen and oxygen atoms in total. The lowest BCUT2D eigenvalue weighted by Gasteiger charge is -2.20. The van der Waals surface area contributed by atoms with Crippen LogP contribution in [0.2, 0.25) is 0 Å². The van der Waals surface area contributed by atoms with E-state index in [4.69, 9.17) is 0 Å². The van der Waals surface area contributed by atoms with E-state index in [-0.39, 0.29) is 0 Å². The third-order valence-corrected chi connectivity index (χ3v) is 10.2. The average Bonchev–Trinajstić information content (AvgIpc) is 3.92. The topological polar surface area (TPSA) is 0 Å². The van der Waals surface area contributed by atoms with Crippen molar-refractivity contribution in [3.63, 3.8) is 0 Å². The minimum Gasteiger partial charge on any atom is -0.0622 e. The summed E-state index contributed by atoms with van der Waals surface area (Å²) >= 11 is 0. The van der Waals surface area contributed by atoms with Gasteiger partial charge in [-0.25, -0.2) is 0 Å². The molecule has 1 aliphatic carbocycles. The summed E-state index contributed by atoms with van der Waals surface area (Å²) in [6, 6.07) is 60.6. The van der Waals surface area contributed by atoms with Crippen molar-refractivity contribution in [3.8, 4) is 33.4 Å². The second-order valence-electron chi connectivity index (χ2n) is 12.8. The highest BCUT2D eigenvalue weighted by atomic mass is 14.4. The van der Waals surface area contributed by atoms with Crippen LogP contribution in [0.5, 0.6) is 0 Å². The summed E-state index contributed by atoms with van der Waals surface area (Å²) in [7, 11) is 0. The Balaban J connectivity index is 1.24. The van der Waals surface area contributed by atoms with Crippen LogP contribution in [0, 0.1) is 6.92 Å². The maximum atomic E-state index is 2.44. The van der Waals surface area contributed by atoms with Crippen molar-refractivity contribution in [2.45, 2.75) is 25.2 Å². The molecule has 0 radical (unpaired) electrons. The summed E-state index contributed by atoms with van der Waals surface area (Å²) in [6.07, 6.45) is 1.24. The first-order valence-corrected chi connectivity index (χ1v) is 16.4. The second-order valence-corrected chi connectivity index (χ2v) is 12.8. The van der Waals surface area contributed by atoms with E-state index in [1.165, 1.54) is 88.8 Å². The molecule has 8 aromatic rings. The quantitative estimate of drug-likeness (QED) is 0.176. The average molecular weight is 587 g/mol. The van der Waals surface area contributed by atoms with Crippen LogP contribution in [0.15, 0.2) is 164 Å². The summed E-state index contributed by atoms with van der Waals surface area (Å²) < 4.78 is 0. The van der Waals surface area contributed by atoms with E-state index < -0.39 is 0 Å². The maximum absolute atomic E-state index is 2.44. The Morgan fingerprint density at radius 1 is 0.391 bits per heavy atom. The Morgan fingerprint density at radius 2 is 0.891 bits per heavy atom. The van der Waals surface area contributed by atoms with Crippen LogP contribution in [0.4, 0.5) is 0 Å². The Morgan fingerprint density at radius 3 is 1.50 bits per heavy atom. The molecule has 0 N–H and O–H groups in total. The van der Waals surface area contributed by atoms with E-state index in [9.17, 15) is 0 Å². The number of hydrogen-bond donors (Lipinski definition) is 0. The molecule has 0 spiro atoms. The van der Waals surface area contributed by atoms with Crippen LogP contribution in [0.3, 0.4) is 0 Å². The second kappa shape index (κ2) is 10.9. The van der Waals surface area contributed by atoms with Gasteiger partial charge in [-0.2, -0.15) is 0 Å². The molecule has 46 heavy (non-hydrogen) atoms. The van der Waals surface area contributed by atoms with Crippen LogP contribution >= 0.6 is 0 Å². The van der Waals surface area contributed by atoms with Gasteiger partial charge in [-0.3, -0.25) is 0 Å². The van der Waals surface area contributed by atoms with Gasteiger partial charge in [0.2, 0.25) is 0 Å². The first-order chi connectivity index (χ1) is 22.8. The van der Waals surface area contributed by atoms with Crippen LogP contribution in [0.25, 0.3) is 65.7 Å². The third kappa shape index (κ3) is 4.37. The molecule has 0 amide bonds. The summed E-state index contributed by atoms with van der Waals surface area (Å²) in [6.45, 7) is 2.30. The first-order valence-electron chi connectivity index (χ1n) is 16.4. The molecular formula is C46H34. The number of hydrogen-bond acceptors (Lipinski definition) is 0. The van der Waals surface area contributed by atoms with Crippen LogP contribution in [0.1, 0.15) is 34.9 Å². The highest BCUT2D eigenvalue weighted by Gasteiger charge is 2.40. The molecule has 1 fully saturated rings. The molecule has 218 valence electrons. The monoisotopic (exact) mass is 586 g/mol. The molecule has 0 bridgehead atoms. The highest BCUT2D eigenvalue weighted by Crippen LogP contribution is 2.56. The lowest BCUT2D eigenvalue weighted by atomic mass is 9.83. The van der Waals surface area contributed by atoms with Crippen molar-refractivity contribution in [3.05, 3.63) is 180 Å². The molecule has 1 aliphatic rings. The van der Waals surface area contributed by atoms with Crippen molar-refractivity contribution in [2.75, 3.05) is 0 Å². The van der Waals surface area contributed by atoms with Crippen LogP contribution < -0.4 is 0 Å². The van der Waals surface area contributed by atoms with Gasteiger partial charge in [-0.15, -0.1) is 0 Å². The molecule has 1 saturated carbocycles. The van der Waals surface area contributed by atoms with Gasteiger partial charge in [-0.1, -0.05) is 164 Å². The number of fused-ring (bicyclic) bond motifs is 3. The highest BCUT2D eigenvalue weighted by molar-refractivity contribution is 6.24. The largest absolute Gasteiger partial charge is 0.0622 e. The van der Waals surface area contributed by atoms with Crippen molar-refractivity contribution in [2.24, 2.45) is 0 Å². The van der Waals surface area contributed by atoms with E-state index in [1.807, 2.05) is 0 Å². The summed E-state index contributed by atoms with van der Waals surface area (Å²) in [4.78, 5) is 0. The minimum atomic E-state index is 0.611. The molecule has 0 heterocycles. The molecule has 9 rings (SSSR count). The molecule has 2 unspecified atom stereocenters. The SMILES string of the molecule is Cc1cc(-c2c3ccccc3c(-c3ccc(-c4ccccc4)c4ccccc34)c3ccccc23)ccc1C1CC1c1ccccc1. The molecule has 2 atom stereocenters. The van der Waals surface area contributed by atoms with Gasteiger partial charge in [0.15, 0.2) is 0 Å². The normalized spacial score (nSPS) is 15.8. The number of aryl methyl sites for hydroxylation is 1. The van der Waals surface area contributed by atoms with Gasteiger partial charge in [0.05, 0.1) is 0 Å². The lowest BCUT2D eigenvalue weighted by Crippen LogP contribution is -1.94. The van der Waals surface area contributed by atoms with Crippen molar-refractivity contribution in [1.29, 1.82) is 0 Å². The Kier molecular flexibility index (Phi) is 6.35. The summed E-state index contributed by atoms with van der Waals surface area (Å²) in [5.41, 5.74) is 12.1. The smallest absolute Gasteiger partial charge is 0.00201 e. The molecule has 0 saturated heterocycles. The Bertz CT molecular complexity index is 2340. The molecular weight excluding hydrogens is 553 g/mol. The minimum absolute atomic E-state index is 0.611. The van der Waals surface area contributed by atoms with Gasteiger partial charge in [0.1, 0.15) is 0 Å². The Labute approximate surface area is 270 Å². The molecule has 8 aromatic carbocycles. The van der Waals surface area contributed by atoms with Gasteiger partial charge in [0, 0.05) is 0 Å². The number of rotatable bonds is 5. The first kappa shape index (κ1) is 26.9. The zero-order valence-electron chi connectivity index (χ0n) is 26.0. The van der Waals surface area contributed by atoms with Gasteiger partial charge in [-0.05, 0) is 108 Å². The molecule has 0 aromatic heterocycles. The summed E-state index contributed by atoms with van der Waals surface area (Å²) in [5, 5.41) is 7.75. The fraction of sp³-hybridized carbons (Fsp3) is 0.0870. The van der Waals surface area contributed by atoms with Gasteiger partial charge >= 0.3 is 0 Å². The molecule has 0 aliphatic heterocycles. The van der Waals surface area contributed by atoms with Crippen LogP contribution in [-0.4, -0.2) is 0 Å². The third-order valence-electron chi connectivity index (χ3n) is 10.2. The van der Waals surface area contributed by atoms with Crippen molar-refractivity contribution >= 4 is 32.3 Å². The van der Waals surface area contributed by atoms with E-state index in [0.717, 1.165) is 0 Å². The predicted octanol–water partition coefficient (Wildman–Crippen LogP) is 12.7. The maximum Gasteiger partial charge on any atom is -0.00201 e. The fourth-order valence-electron chi connectivity index (χ4n) is 7.97. The van der Waals surface area contributed by atoms with Gasteiger partial charge < -0.3 is 0 Å². The van der Waals surface area contributed by atoms with Gasteiger partial charge in [0.25, 0.3) is 0 Å². The zero-order valence-corrected chi connectivity index (χ0v) is 26.0. The van der Waals surface area contributed by atoms with Crippen molar-refractivity contribution in [1.82, 2.24) is 0 Å². The fourth-order valence-corrected chi connectivity index (χ4v) is 7.97. The Hall–Kier alpha value is -5.46. The van der Waals surface area contributed by atoms with E-state index >= 15 is 0 Å². The molecule has 0 heteroatoms. The summed E-state index contributed by atoms with van der Waals surface area (Å²) in [5.74, 6) is 1.24. The standard InChI is InChI=1S/C46H34/c1-30-28-33(24-25-34(30)44-29-43(44)32-16-6-3-7-17-32)45-38-20-10-12-22-40(38)46(41-23-13-11-21-39(41)45)42-27-26-35(31-14-4-2-5-15-31)36-18-8-9-19-37(36)42/h2-28,43-44H,29H2,1H3. The van der Waals surface area contributed by atoms with E-state index in [2.05, 4.69) is 171 Å². The lowest BCUT2D eigenvalue weighted by molar-refractivity contribution is 1.01. The van der Waals surface area contributed by atoms with Crippen LogP contribution in [-0.2, 0) is 0 Å². The number of benzene rings is 8. The van der Waals surface area contributed by atoms with E-state index in [1.54, 1.807) is 0 Å².